The van der Waals surface area contributed by atoms with Crippen LogP contribution in [0.2, 0.25) is 0 Å². The lowest BCUT2D eigenvalue weighted by Gasteiger charge is -2.19. The smallest absolute Gasteiger partial charge is 0.254 e. The maximum absolute atomic E-state index is 12.2. The van der Waals surface area contributed by atoms with E-state index in [0.717, 1.165) is 24.9 Å². The second-order valence-corrected chi connectivity index (χ2v) is 4.22. The first-order chi connectivity index (χ1) is 7.74. The Morgan fingerprint density at radius 3 is 3.00 bits per heavy atom. The Kier molecular flexibility index (Phi) is 3.25. The highest BCUT2D eigenvalue weighted by Gasteiger charge is 2.22. The Morgan fingerprint density at radius 1 is 1.44 bits per heavy atom. The van der Waals surface area contributed by atoms with Crippen molar-refractivity contribution in [2.75, 3.05) is 19.7 Å². The van der Waals surface area contributed by atoms with E-state index in [1.807, 2.05) is 25.1 Å². The summed E-state index contributed by atoms with van der Waals surface area (Å²) in [5.74, 6) is 0.0604. The number of aliphatic hydroxyl groups excluding tert-OH is 1. The summed E-state index contributed by atoms with van der Waals surface area (Å²) in [6.45, 7) is 3.26. The summed E-state index contributed by atoms with van der Waals surface area (Å²) in [4.78, 5) is 13.9. The van der Waals surface area contributed by atoms with E-state index >= 15 is 0 Å². The van der Waals surface area contributed by atoms with E-state index in [9.17, 15) is 4.79 Å². The molecule has 1 heterocycles. The third kappa shape index (κ3) is 1.95. The molecule has 1 aliphatic rings. The van der Waals surface area contributed by atoms with Crippen molar-refractivity contribution in [2.45, 2.75) is 19.8 Å². The maximum Gasteiger partial charge on any atom is 0.254 e. The van der Waals surface area contributed by atoms with Crippen LogP contribution in [-0.4, -0.2) is 35.6 Å². The zero-order valence-corrected chi connectivity index (χ0v) is 9.57. The van der Waals surface area contributed by atoms with Gasteiger partial charge in [0.25, 0.3) is 5.91 Å². The molecule has 0 bridgehead atoms. The van der Waals surface area contributed by atoms with E-state index in [0.29, 0.717) is 6.54 Å². The predicted octanol–water partition coefficient (Wildman–Crippen LogP) is 1.38. The van der Waals surface area contributed by atoms with Gasteiger partial charge in [-0.15, -0.1) is 0 Å². The number of rotatable bonds is 2. The minimum Gasteiger partial charge on any atom is -0.395 e. The van der Waals surface area contributed by atoms with E-state index in [2.05, 4.69) is 0 Å². The predicted molar refractivity (Wildman–Crippen MR) is 62.5 cm³/mol. The zero-order valence-electron chi connectivity index (χ0n) is 9.57. The molecule has 1 aromatic rings. The van der Waals surface area contributed by atoms with Gasteiger partial charge in [-0.05, 0) is 37.0 Å². The number of hydrogen-bond donors (Lipinski definition) is 1. The van der Waals surface area contributed by atoms with E-state index in [1.54, 1.807) is 4.90 Å². The number of aliphatic hydroxyl groups is 1. The molecule has 0 atom stereocenters. The molecule has 0 fully saturated rings. The van der Waals surface area contributed by atoms with Crippen LogP contribution in [0.15, 0.2) is 18.2 Å². The van der Waals surface area contributed by atoms with Gasteiger partial charge in [0.1, 0.15) is 0 Å². The average Bonchev–Trinajstić information content (AvgIpc) is 2.43. The zero-order chi connectivity index (χ0) is 11.5. The van der Waals surface area contributed by atoms with Crippen LogP contribution in [0.25, 0.3) is 0 Å². The number of β-amino-alcohol motifs (C(OH)–C–C–N with tert-alkyl or cyclic N) is 1. The van der Waals surface area contributed by atoms with Crippen LogP contribution in [0.5, 0.6) is 0 Å². The number of fused-ring (bicyclic) bond motifs is 1. The van der Waals surface area contributed by atoms with E-state index in [4.69, 9.17) is 5.11 Å². The van der Waals surface area contributed by atoms with Crippen molar-refractivity contribution < 1.29 is 9.90 Å². The molecule has 1 aliphatic heterocycles. The molecule has 0 saturated carbocycles. The van der Waals surface area contributed by atoms with Crippen molar-refractivity contribution in [3.05, 3.63) is 34.9 Å². The Bertz CT molecular complexity index is 401. The Morgan fingerprint density at radius 2 is 2.25 bits per heavy atom. The lowest BCUT2D eigenvalue weighted by Crippen LogP contribution is -2.33. The maximum atomic E-state index is 12.2. The second kappa shape index (κ2) is 4.66. The molecule has 0 aliphatic carbocycles. The Labute approximate surface area is 95.7 Å². The Hall–Kier alpha value is -1.35. The number of hydrogen-bond acceptors (Lipinski definition) is 2. The van der Waals surface area contributed by atoms with Gasteiger partial charge in [-0.2, -0.15) is 0 Å². The summed E-state index contributed by atoms with van der Waals surface area (Å²) in [5, 5.41) is 8.94. The van der Waals surface area contributed by atoms with Gasteiger partial charge in [0.2, 0.25) is 0 Å². The first-order valence-corrected chi connectivity index (χ1v) is 5.72. The molecule has 2 rings (SSSR count). The highest BCUT2D eigenvalue weighted by molar-refractivity contribution is 5.96. The number of aryl methyl sites for hydroxylation is 1. The standard InChI is InChI=1S/C13H17NO2/c1-10-4-2-5-12-11(10)6-3-7-14(8-9-15)13(12)16/h2,4-5,15H,3,6-9H2,1H3. The largest absolute Gasteiger partial charge is 0.395 e. The summed E-state index contributed by atoms with van der Waals surface area (Å²) in [6, 6.07) is 5.86. The molecule has 3 heteroatoms. The molecule has 0 spiro atoms. The number of carbonyl (C=O) groups is 1. The van der Waals surface area contributed by atoms with E-state index in [-0.39, 0.29) is 12.5 Å². The lowest BCUT2D eigenvalue weighted by atomic mass is 9.98. The van der Waals surface area contributed by atoms with Crippen molar-refractivity contribution in [1.29, 1.82) is 0 Å². The van der Waals surface area contributed by atoms with Crippen LogP contribution in [0.1, 0.15) is 27.9 Å². The molecular formula is C13H17NO2. The van der Waals surface area contributed by atoms with Gasteiger partial charge in [-0.3, -0.25) is 4.79 Å². The molecule has 0 unspecified atom stereocenters. The van der Waals surface area contributed by atoms with Gasteiger partial charge in [-0.25, -0.2) is 0 Å². The summed E-state index contributed by atoms with van der Waals surface area (Å²) < 4.78 is 0. The molecule has 1 aromatic carbocycles. The van der Waals surface area contributed by atoms with Gasteiger partial charge in [-0.1, -0.05) is 12.1 Å². The van der Waals surface area contributed by atoms with Crippen molar-refractivity contribution in [3.8, 4) is 0 Å². The summed E-state index contributed by atoms with van der Waals surface area (Å²) >= 11 is 0. The highest BCUT2D eigenvalue weighted by Crippen LogP contribution is 2.21. The van der Waals surface area contributed by atoms with E-state index in [1.165, 1.54) is 11.1 Å². The number of amides is 1. The third-order valence-corrected chi connectivity index (χ3v) is 3.15. The SMILES string of the molecule is Cc1cccc2c1CCCN(CCO)C2=O. The second-order valence-electron chi connectivity index (χ2n) is 4.22. The summed E-state index contributed by atoms with van der Waals surface area (Å²) in [5.41, 5.74) is 3.18. The van der Waals surface area contributed by atoms with Gasteiger partial charge < -0.3 is 10.0 Å². The normalized spacial score (nSPS) is 15.9. The Balaban J connectivity index is 2.37. The molecule has 1 amide bonds. The molecule has 86 valence electrons. The monoisotopic (exact) mass is 219 g/mol. The van der Waals surface area contributed by atoms with Crippen LogP contribution in [0.3, 0.4) is 0 Å². The minimum atomic E-state index is 0.0346. The van der Waals surface area contributed by atoms with Crippen LogP contribution in [-0.2, 0) is 6.42 Å². The van der Waals surface area contributed by atoms with Crippen molar-refractivity contribution >= 4 is 5.91 Å². The highest BCUT2D eigenvalue weighted by atomic mass is 16.3. The summed E-state index contributed by atoms with van der Waals surface area (Å²) in [7, 11) is 0. The molecular weight excluding hydrogens is 202 g/mol. The van der Waals surface area contributed by atoms with Gasteiger partial charge in [0.15, 0.2) is 0 Å². The number of benzene rings is 1. The lowest BCUT2D eigenvalue weighted by molar-refractivity contribution is 0.0727. The van der Waals surface area contributed by atoms with Crippen molar-refractivity contribution in [2.24, 2.45) is 0 Å². The minimum absolute atomic E-state index is 0.0346. The van der Waals surface area contributed by atoms with E-state index < -0.39 is 0 Å². The first kappa shape index (κ1) is 11.1. The molecule has 0 aromatic heterocycles. The molecule has 0 saturated heterocycles. The quantitative estimate of drug-likeness (QED) is 0.816. The molecule has 0 radical (unpaired) electrons. The summed E-state index contributed by atoms with van der Waals surface area (Å²) in [6.07, 6.45) is 1.93. The topological polar surface area (TPSA) is 40.5 Å². The van der Waals surface area contributed by atoms with Crippen molar-refractivity contribution in [3.63, 3.8) is 0 Å². The van der Waals surface area contributed by atoms with Gasteiger partial charge in [0.05, 0.1) is 6.61 Å². The molecule has 16 heavy (non-hydrogen) atoms. The van der Waals surface area contributed by atoms with Gasteiger partial charge in [0, 0.05) is 18.7 Å². The fourth-order valence-corrected chi connectivity index (χ4v) is 2.29. The van der Waals surface area contributed by atoms with Crippen molar-refractivity contribution in [1.82, 2.24) is 4.90 Å². The first-order valence-electron chi connectivity index (χ1n) is 5.72. The molecule has 1 N–H and O–H groups in total. The van der Waals surface area contributed by atoms with Crippen LogP contribution in [0, 0.1) is 6.92 Å². The van der Waals surface area contributed by atoms with Crippen LogP contribution >= 0.6 is 0 Å². The van der Waals surface area contributed by atoms with Crippen LogP contribution < -0.4 is 0 Å². The van der Waals surface area contributed by atoms with Gasteiger partial charge >= 0.3 is 0 Å². The van der Waals surface area contributed by atoms with Crippen LogP contribution in [0.4, 0.5) is 0 Å². The fraction of sp³-hybridized carbons (Fsp3) is 0.462. The number of nitrogens with zero attached hydrogens (tertiary/aromatic N) is 1. The average molecular weight is 219 g/mol. The number of carbonyl (C=O) groups excluding carboxylic acids is 1. The third-order valence-electron chi connectivity index (χ3n) is 3.15. The molecule has 3 nitrogen and oxygen atoms in total. The fourth-order valence-electron chi connectivity index (χ4n) is 2.29.